The fourth-order valence-electron chi connectivity index (χ4n) is 2.76. The maximum Gasteiger partial charge on any atom is 0.295 e. The van der Waals surface area contributed by atoms with Gasteiger partial charge in [0.2, 0.25) is 0 Å². The van der Waals surface area contributed by atoms with Crippen LogP contribution in [0.5, 0.6) is 0 Å². The van der Waals surface area contributed by atoms with Crippen LogP contribution in [-0.4, -0.2) is 20.9 Å². The molecule has 0 atom stereocenters. The summed E-state index contributed by atoms with van der Waals surface area (Å²) in [5.41, 5.74) is 4.14. The molecule has 0 fully saturated rings. The molecule has 132 valence electrons. The molecule has 0 saturated heterocycles. The summed E-state index contributed by atoms with van der Waals surface area (Å²) in [5, 5.41) is 3.28. The molecule has 2 aromatic carbocycles. The van der Waals surface area contributed by atoms with Gasteiger partial charge in [0, 0.05) is 5.56 Å². The summed E-state index contributed by atoms with van der Waals surface area (Å²) in [7, 11) is 0. The van der Waals surface area contributed by atoms with E-state index in [1.807, 2.05) is 26.0 Å². The first-order chi connectivity index (χ1) is 12.4. The number of imidazole rings is 1. The molecule has 1 amide bonds. The van der Waals surface area contributed by atoms with E-state index >= 15 is 0 Å². The molecular formula is C18H14F2N4OS. The molecule has 4 aromatic rings. The van der Waals surface area contributed by atoms with Gasteiger partial charge in [-0.25, -0.2) is 18.7 Å². The van der Waals surface area contributed by atoms with E-state index in [2.05, 4.69) is 20.3 Å². The van der Waals surface area contributed by atoms with Crippen molar-refractivity contribution in [1.82, 2.24) is 15.0 Å². The number of thiazole rings is 1. The number of amides is 1. The molecular weight excluding hydrogens is 358 g/mol. The lowest BCUT2D eigenvalue weighted by Gasteiger charge is -2.01. The monoisotopic (exact) mass is 372 g/mol. The third-order valence-corrected chi connectivity index (χ3v) is 5.24. The first kappa shape index (κ1) is 16.6. The highest BCUT2D eigenvalue weighted by Crippen LogP contribution is 2.31. The summed E-state index contributed by atoms with van der Waals surface area (Å²) in [4.78, 5) is 23.3. The largest absolute Gasteiger partial charge is 0.337 e. The summed E-state index contributed by atoms with van der Waals surface area (Å²) in [6.07, 6.45) is -2.69. The van der Waals surface area contributed by atoms with Crippen molar-refractivity contribution in [3.63, 3.8) is 0 Å². The van der Waals surface area contributed by atoms with E-state index in [0.717, 1.165) is 21.3 Å². The number of carbonyl (C=O) groups is 1. The third-order valence-electron chi connectivity index (χ3n) is 4.13. The van der Waals surface area contributed by atoms with Gasteiger partial charge in [-0.05, 0) is 43.2 Å². The highest BCUT2D eigenvalue weighted by molar-refractivity contribution is 7.22. The second kappa shape index (κ2) is 6.14. The number of hydrogen-bond donors (Lipinski definition) is 2. The quantitative estimate of drug-likeness (QED) is 0.533. The van der Waals surface area contributed by atoms with Crippen LogP contribution in [0.1, 0.15) is 33.7 Å². The molecule has 0 aliphatic rings. The average molecular weight is 372 g/mol. The van der Waals surface area contributed by atoms with Gasteiger partial charge >= 0.3 is 0 Å². The Bertz CT molecular complexity index is 1110. The molecule has 2 aromatic heterocycles. The van der Waals surface area contributed by atoms with Crippen molar-refractivity contribution in [2.24, 2.45) is 0 Å². The molecule has 0 radical (unpaired) electrons. The molecule has 0 saturated carbocycles. The molecule has 0 spiro atoms. The Hall–Kier alpha value is -2.87. The van der Waals surface area contributed by atoms with Crippen LogP contribution in [0.15, 0.2) is 30.3 Å². The summed E-state index contributed by atoms with van der Waals surface area (Å²) >= 11 is 1.41. The van der Waals surface area contributed by atoms with Gasteiger partial charge in [-0.3, -0.25) is 10.1 Å². The minimum Gasteiger partial charge on any atom is -0.337 e. The van der Waals surface area contributed by atoms with Gasteiger partial charge in [0.1, 0.15) is 0 Å². The zero-order valence-electron chi connectivity index (χ0n) is 13.9. The summed E-state index contributed by atoms with van der Waals surface area (Å²) in [6.45, 7) is 3.97. The SMILES string of the molecule is Cc1ccc(C)c2sc(NC(=O)c3ccc4nc(C(F)F)[nH]c4c3)nc12. The van der Waals surface area contributed by atoms with Crippen molar-refractivity contribution in [2.75, 3.05) is 5.32 Å². The predicted octanol–water partition coefficient (Wildman–Crippen LogP) is 4.98. The molecule has 0 unspecified atom stereocenters. The second-order valence-electron chi connectivity index (χ2n) is 6.00. The fraction of sp³-hybridized carbons (Fsp3) is 0.167. The number of carbonyl (C=O) groups excluding carboxylic acids is 1. The summed E-state index contributed by atoms with van der Waals surface area (Å²) in [6, 6.07) is 8.62. The minimum atomic E-state index is -2.69. The Labute approximate surface area is 151 Å². The number of alkyl halides is 2. The maximum atomic E-state index is 12.7. The van der Waals surface area contributed by atoms with Crippen LogP contribution in [0.4, 0.5) is 13.9 Å². The van der Waals surface area contributed by atoms with E-state index in [4.69, 9.17) is 0 Å². The van der Waals surface area contributed by atoms with Crippen molar-refractivity contribution in [2.45, 2.75) is 20.3 Å². The first-order valence-corrected chi connectivity index (χ1v) is 8.70. The van der Waals surface area contributed by atoms with E-state index in [-0.39, 0.29) is 5.91 Å². The number of anilines is 1. The van der Waals surface area contributed by atoms with E-state index in [0.29, 0.717) is 21.7 Å². The number of aromatic amines is 1. The number of nitrogens with zero attached hydrogens (tertiary/aromatic N) is 2. The second-order valence-corrected chi connectivity index (χ2v) is 7.00. The molecule has 0 aliphatic carbocycles. The zero-order chi connectivity index (χ0) is 18.4. The molecule has 0 bridgehead atoms. The van der Waals surface area contributed by atoms with Gasteiger partial charge in [-0.1, -0.05) is 23.5 Å². The number of benzene rings is 2. The molecule has 2 N–H and O–H groups in total. The van der Waals surface area contributed by atoms with Crippen molar-refractivity contribution >= 4 is 43.6 Å². The highest BCUT2D eigenvalue weighted by Gasteiger charge is 2.16. The van der Waals surface area contributed by atoms with E-state index in [9.17, 15) is 13.6 Å². The minimum absolute atomic E-state index is 0.342. The first-order valence-electron chi connectivity index (χ1n) is 7.88. The Kier molecular flexibility index (Phi) is 3.91. The topological polar surface area (TPSA) is 70.7 Å². The lowest BCUT2D eigenvalue weighted by Crippen LogP contribution is -2.11. The number of nitrogens with one attached hydrogen (secondary N) is 2. The Morgan fingerprint density at radius 2 is 1.92 bits per heavy atom. The fourth-order valence-corrected chi connectivity index (χ4v) is 3.76. The smallest absolute Gasteiger partial charge is 0.295 e. The average Bonchev–Trinajstić information content (AvgIpc) is 3.22. The number of aryl methyl sites for hydroxylation is 2. The van der Waals surface area contributed by atoms with Crippen molar-refractivity contribution < 1.29 is 13.6 Å². The van der Waals surface area contributed by atoms with Crippen molar-refractivity contribution in [3.8, 4) is 0 Å². The number of rotatable bonds is 3. The molecule has 0 aliphatic heterocycles. The zero-order valence-corrected chi connectivity index (χ0v) is 14.7. The van der Waals surface area contributed by atoms with Gasteiger partial charge in [0.05, 0.1) is 21.3 Å². The van der Waals surface area contributed by atoms with E-state index in [1.54, 1.807) is 12.1 Å². The number of fused-ring (bicyclic) bond motifs is 2. The molecule has 2 heterocycles. The number of hydrogen-bond acceptors (Lipinski definition) is 4. The Balaban J connectivity index is 1.64. The van der Waals surface area contributed by atoms with Crippen LogP contribution >= 0.6 is 11.3 Å². The van der Waals surface area contributed by atoms with E-state index in [1.165, 1.54) is 17.4 Å². The lowest BCUT2D eigenvalue weighted by atomic mass is 10.1. The van der Waals surface area contributed by atoms with Gasteiger partial charge in [-0.15, -0.1) is 0 Å². The van der Waals surface area contributed by atoms with Crippen molar-refractivity contribution in [3.05, 3.63) is 52.8 Å². The van der Waals surface area contributed by atoms with Gasteiger partial charge < -0.3 is 4.98 Å². The molecule has 26 heavy (non-hydrogen) atoms. The Morgan fingerprint density at radius 3 is 2.65 bits per heavy atom. The van der Waals surface area contributed by atoms with Crippen LogP contribution in [0.25, 0.3) is 21.3 Å². The van der Waals surface area contributed by atoms with Gasteiger partial charge in [0.25, 0.3) is 12.3 Å². The number of H-pyrrole nitrogens is 1. The third kappa shape index (κ3) is 2.82. The summed E-state index contributed by atoms with van der Waals surface area (Å²) < 4.78 is 26.5. The number of aromatic nitrogens is 3. The van der Waals surface area contributed by atoms with Crippen LogP contribution in [-0.2, 0) is 0 Å². The van der Waals surface area contributed by atoms with Crippen LogP contribution in [0.2, 0.25) is 0 Å². The van der Waals surface area contributed by atoms with Crippen LogP contribution in [0.3, 0.4) is 0 Å². The Morgan fingerprint density at radius 1 is 1.15 bits per heavy atom. The van der Waals surface area contributed by atoms with Gasteiger partial charge in [-0.2, -0.15) is 0 Å². The van der Waals surface area contributed by atoms with Gasteiger partial charge in [0.15, 0.2) is 11.0 Å². The molecule has 5 nitrogen and oxygen atoms in total. The van der Waals surface area contributed by atoms with Crippen molar-refractivity contribution in [1.29, 1.82) is 0 Å². The highest BCUT2D eigenvalue weighted by atomic mass is 32.1. The molecule has 8 heteroatoms. The maximum absolute atomic E-state index is 12.7. The van der Waals surface area contributed by atoms with E-state index < -0.39 is 12.2 Å². The van der Waals surface area contributed by atoms with Crippen LogP contribution < -0.4 is 5.32 Å². The lowest BCUT2D eigenvalue weighted by molar-refractivity contribution is 0.102. The predicted molar refractivity (Wildman–Crippen MR) is 98.1 cm³/mol. The standard InChI is InChI=1S/C18H14F2N4OS/c1-8-3-4-9(2)14-13(8)23-18(26-14)24-17(25)10-5-6-11-12(7-10)22-16(21-11)15(19)20/h3-7,15H,1-2H3,(H,21,22)(H,23,24,25). The van der Waals surface area contributed by atoms with Crippen LogP contribution in [0, 0.1) is 13.8 Å². The normalized spacial score (nSPS) is 11.6. The summed E-state index contributed by atoms with van der Waals surface area (Å²) in [5.74, 6) is -0.760. The molecule has 4 rings (SSSR count). The number of halogens is 2.